The van der Waals surface area contributed by atoms with Crippen LogP contribution in [0, 0.1) is 17.8 Å². The molecule has 3 rings (SSSR count). The Bertz CT molecular complexity index is 397. The standard InChI is InChI=1S/C11H10Br2OS/c12-7-4-8(15-11(7)13)10(14)9-5-2-1-3-6(5)9/h4-6,9H,1-3H2. The first kappa shape index (κ1) is 10.5. The van der Waals surface area contributed by atoms with Crippen molar-refractivity contribution in [3.05, 3.63) is 19.2 Å². The number of carbonyl (C=O) groups excluding carboxylic acids is 1. The molecule has 2 unspecified atom stereocenters. The average Bonchev–Trinajstić information content (AvgIpc) is 2.59. The van der Waals surface area contributed by atoms with Gasteiger partial charge in [-0.3, -0.25) is 4.79 Å². The Morgan fingerprint density at radius 3 is 2.53 bits per heavy atom. The molecule has 0 saturated heterocycles. The molecule has 0 amide bonds. The number of ketones is 1. The van der Waals surface area contributed by atoms with Crippen LogP contribution < -0.4 is 0 Å². The first-order valence-corrected chi connectivity index (χ1v) is 7.58. The fourth-order valence-electron chi connectivity index (χ4n) is 2.84. The summed E-state index contributed by atoms with van der Waals surface area (Å²) in [7, 11) is 0. The average molecular weight is 350 g/mol. The van der Waals surface area contributed by atoms with Gasteiger partial charge in [0.15, 0.2) is 5.78 Å². The van der Waals surface area contributed by atoms with Crippen LogP contribution in [0.1, 0.15) is 28.9 Å². The predicted molar refractivity (Wildman–Crippen MR) is 68.4 cm³/mol. The van der Waals surface area contributed by atoms with E-state index >= 15 is 0 Å². The number of hydrogen-bond donors (Lipinski definition) is 0. The zero-order valence-electron chi connectivity index (χ0n) is 8.00. The van der Waals surface area contributed by atoms with Crippen LogP contribution in [-0.2, 0) is 0 Å². The summed E-state index contributed by atoms with van der Waals surface area (Å²) in [6, 6.07) is 1.95. The third-order valence-corrected chi connectivity index (χ3v) is 6.87. The van der Waals surface area contributed by atoms with Crippen molar-refractivity contribution in [3.63, 3.8) is 0 Å². The van der Waals surface area contributed by atoms with E-state index in [1.807, 2.05) is 6.07 Å². The van der Waals surface area contributed by atoms with Gasteiger partial charge < -0.3 is 0 Å². The van der Waals surface area contributed by atoms with Crippen LogP contribution in [0.2, 0.25) is 0 Å². The van der Waals surface area contributed by atoms with E-state index in [9.17, 15) is 4.79 Å². The van der Waals surface area contributed by atoms with Gasteiger partial charge in [-0.25, -0.2) is 0 Å². The Morgan fingerprint density at radius 2 is 2.00 bits per heavy atom. The Balaban J connectivity index is 1.81. The first-order valence-electron chi connectivity index (χ1n) is 5.17. The molecule has 2 atom stereocenters. The molecule has 0 bridgehead atoms. The van der Waals surface area contributed by atoms with Gasteiger partial charge in [0.2, 0.25) is 0 Å². The van der Waals surface area contributed by atoms with Crippen LogP contribution in [0.3, 0.4) is 0 Å². The third-order valence-electron chi connectivity index (χ3n) is 3.60. The van der Waals surface area contributed by atoms with Crippen molar-refractivity contribution in [1.29, 1.82) is 0 Å². The van der Waals surface area contributed by atoms with E-state index in [1.54, 1.807) is 11.3 Å². The fraction of sp³-hybridized carbons (Fsp3) is 0.545. The maximum atomic E-state index is 12.2. The summed E-state index contributed by atoms with van der Waals surface area (Å²) < 4.78 is 2.03. The Kier molecular flexibility index (Phi) is 2.57. The summed E-state index contributed by atoms with van der Waals surface area (Å²) in [5.41, 5.74) is 0. The van der Waals surface area contributed by atoms with Crippen molar-refractivity contribution in [2.75, 3.05) is 0 Å². The molecule has 1 aromatic rings. The van der Waals surface area contributed by atoms with Crippen molar-refractivity contribution >= 4 is 49.0 Å². The van der Waals surface area contributed by atoms with Gasteiger partial charge in [-0.1, -0.05) is 6.42 Å². The van der Waals surface area contributed by atoms with Gasteiger partial charge in [-0.15, -0.1) is 11.3 Å². The summed E-state index contributed by atoms with van der Waals surface area (Å²) in [5.74, 6) is 2.17. The second-order valence-electron chi connectivity index (χ2n) is 4.38. The normalized spacial score (nSPS) is 32.8. The molecule has 15 heavy (non-hydrogen) atoms. The number of thiophene rings is 1. The molecule has 1 nitrogen and oxygen atoms in total. The van der Waals surface area contributed by atoms with Gasteiger partial charge >= 0.3 is 0 Å². The van der Waals surface area contributed by atoms with Gasteiger partial charge in [-0.2, -0.15) is 0 Å². The highest BCUT2D eigenvalue weighted by Crippen LogP contribution is 2.59. The second kappa shape index (κ2) is 3.67. The minimum absolute atomic E-state index is 0.358. The third kappa shape index (κ3) is 1.65. The van der Waals surface area contributed by atoms with Crippen LogP contribution in [0.15, 0.2) is 14.3 Å². The van der Waals surface area contributed by atoms with E-state index in [-0.39, 0.29) is 0 Å². The van der Waals surface area contributed by atoms with Crippen molar-refractivity contribution in [3.8, 4) is 0 Å². The molecule has 1 aromatic heterocycles. The molecule has 4 heteroatoms. The fourth-order valence-corrected chi connectivity index (χ4v) is 4.87. The molecule has 0 spiro atoms. The summed E-state index contributed by atoms with van der Waals surface area (Å²) in [6.07, 6.45) is 3.88. The van der Waals surface area contributed by atoms with Gasteiger partial charge in [0, 0.05) is 10.4 Å². The van der Waals surface area contributed by atoms with Crippen LogP contribution in [-0.4, -0.2) is 5.78 Å². The highest BCUT2D eigenvalue weighted by molar-refractivity contribution is 9.13. The van der Waals surface area contributed by atoms with E-state index in [4.69, 9.17) is 0 Å². The molecule has 2 aliphatic rings. The smallest absolute Gasteiger partial charge is 0.176 e. The molecule has 0 aliphatic heterocycles. The van der Waals surface area contributed by atoms with Gasteiger partial charge in [0.1, 0.15) is 0 Å². The number of carbonyl (C=O) groups is 1. The Hall–Kier alpha value is 0.330. The lowest BCUT2D eigenvalue weighted by molar-refractivity contribution is 0.0955. The molecule has 80 valence electrons. The molecule has 0 aromatic carbocycles. The van der Waals surface area contributed by atoms with E-state index < -0.39 is 0 Å². The van der Waals surface area contributed by atoms with Crippen molar-refractivity contribution in [1.82, 2.24) is 0 Å². The van der Waals surface area contributed by atoms with Gasteiger partial charge in [0.25, 0.3) is 0 Å². The SMILES string of the molecule is O=C(c1cc(Br)c(Br)s1)C1C2CCCC21. The summed E-state index contributed by atoms with van der Waals surface area (Å²) >= 11 is 8.41. The van der Waals surface area contributed by atoms with Crippen LogP contribution >= 0.6 is 43.2 Å². The molecule has 2 saturated carbocycles. The van der Waals surface area contributed by atoms with E-state index in [1.165, 1.54) is 19.3 Å². The first-order chi connectivity index (χ1) is 7.18. The van der Waals surface area contributed by atoms with E-state index in [2.05, 4.69) is 31.9 Å². The molecule has 0 radical (unpaired) electrons. The van der Waals surface area contributed by atoms with Crippen molar-refractivity contribution in [2.45, 2.75) is 19.3 Å². The summed E-state index contributed by atoms with van der Waals surface area (Å²) in [5, 5.41) is 0. The number of halogens is 2. The molecular formula is C11H10Br2OS. The maximum Gasteiger partial charge on any atom is 0.176 e. The minimum Gasteiger partial charge on any atom is -0.293 e. The molecule has 0 N–H and O–H groups in total. The number of fused-ring (bicyclic) bond motifs is 1. The highest BCUT2D eigenvalue weighted by Gasteiger charge is 2.56. The van der Waals surface area contributed by atoms with Gasteiger partial charge in [-0.05, 0) is 62.6 Å². The lowest BCUT2D eigenvalue weighted by atomic mass is 10.1. The topological polar surface area (TPSA) is 17.1 Å². The summed E-state index contributed by atoms with van der Waals surface area (Å²) in [4.78, 5) is 13.1. The van der Waals surface area contributed by atoms with Crippen LogP contribution in [0.4, 0.5) is 0 Å². The van der Waals surface area contributed by atoms with E-state index in [0.29, 0.717) is 11.7 Å². The lowest BCUT2D eigenvalue weighted by Gasteiger charge is -1.99. The Labute approximate surface area is 110 Å². The summed E-state index contributed by atoms with van der Waals surface area (Å²) in [6.45, 7) is 0. The van der Waals surface area contributed by atoms with Crippen molar-refractivity contribution in [2.24, 2.45) is 17.8 Å². The number of hydrogen-bond acceptors (Lipinski definition) is 2. The quantitative estimate of drug-likeness (QED) is 0.718. The molecular weight excluding hydrogens is 340 g/mol. The number of Topliss-reactive ketones (excluding diaryl/α,β-unsaturated/α-hetero) is 1. The monoisotopic (exact) mass is 348 g/mol. The van der Waals surface area contributed by atoms with Crippen LogP contribution in [0.5, 0.6) is 0 Å². The maximum absolute atomic E-state index is 12.2. The molecule has 1 heterocycles. The minimum atomic E-state index is 0.358. The van der Waals surface area contributed by atoms with Crippen LogP contribution in [0.25, 0.3) is 0 Å². The highest BCUT2D eigenvalue weighted by atomic mass is 79.9. The number of rotatable bonds is 2. The molecule has 2 fully saturated rings. The zero-order valence-corrected chi connectivity index (χ0v) is 12.0. The molecule has 2 aliphatic carbocycles. The van der Waals surface area contributed by atoms with E-state index in [0.717, 1.165) is 25.0 Å². The lowest BCUT2D eigenvalue weighted by Crippen LogP contribution is -2.03. The van der Waals surface area contributed by atoms with Crippen molar-refractivity contribution < 1.29 is 4.79 Å². The second-order valence-corrected chi connectivity index (χ2v) is 7.61. The largest absolute Gasteiger partial charge is 0.293 e. The predicted octanol–water partition coefficient (Wildman–Crippen LogP) is 4.50. The van der Waals surface area contributed by atoms with Gasteiger partial charge in [0.05, 0.1) is 8.66 Å². The Morgan fingerprint density at radius 1 is 1.33 bits per heavy atom. The zero-order chi connectivity index (χ0) is 10.6.